The van der Waals surface area contributed by atoms with Crippen molar-refractivity contribution in [2.45, 2.75) is 28.4 Å². The standard InChI is InChI=1S/C19H14F6N4O4S2/c1-3-34(26,30)15-8-13-11(28-17(29(13)2)18(20,21)22)7-10(15)16-27-12-6-9(4-5-14(12)33-16)35(31,32)19(23,24)25/h4-8,26H,3H2,1-2H3. The van der Waals surface area contributed by atoms with Gasteiger partial charge in [0, 0.05) is 12.8 Å². The summed E-state index contributed by atoms with van der Waals surface area (Å²) in [4.78, 5) is 6.21. The predicted molar refractivity (Wildman–Crippen MR) is 112 cm³/mol. The number of aromatic nitrogens is 3. The third-order valence-corrected chi connectivity index (χ3v) is 8.55. The summed E-state index contributed by atoms with van der Waals surface area (Å²) in [5, 5.41) is 0. The van der Waals surface area contributed by atoms with Crippen molar-refractivity contribution in [3.05, 3.63) is 36.2 Å². The lowest BCUT2D eigenvalue weighted by Crippen LogP contribution is -2.23. The van der Waals surface area contributed by atoms with E-state index in [1.807, 2.05) is 0 Å². The Morgan fingerprint density at radius 2 is 1.66 bits per heavy atom. The first-order valence-electron chi connectivity index (χ1n) is 9.54. The molecular formula is C19H14F6N4O4S2. The molecule has 1 unspecified atom stereocenters. The smallest absolute Gasteiger partial charge is 0.436 e. The Morgan fingerprint density at radius 3 is 2.23 bits per heavy atom. The molecule has 0 radical (unpaired) electrons. The molecule has 2 aromatic heterocycles. The minimum atomic E-state index is -5.68. The zero-order chi connectivity index (χ0) is 26.1. The van der Waals surface area contributed by atoms with Gasteiger partial charge in [-0.3, -0.25) is 0 Å². The van der Waals surface area contributed by atoms with E-state index in [-0.39, 0.29) is 44.2 Å². The Hall–Kier alpha value is -3.14. The van der Waals surface area contributed by atoms with Crippen LogP contribution in [0.3, 0.4) is 0 Å². The number of hydrogen-bond acceptors (Lipinski definition) is 7. The third-order valence-electron chi connectivity index (χ3n) is 5.20. The number of fused-ring (bicyclic) bond motifs is 2. The van der Waals surface area contributed by atoms with Crippen LogP contribution in [0.4, 0.5) is 26.3 Å². The molecule has 2 heterocycles. The number of oxazole rings is 1. The van der Waals surface area contributed by atoms with Gasteiger partial charge in [0.2, 0.25) is 11.7 Å². The van der Waals surface area contributed by atoms with Crippen molar-refractivity contribution in [2.24, 2.45) is 7.05 Å². The van der Waals surface area contributed by atoms with Gasteiger partial charge in [-0.1, -0.05) is 6.92 Å². The zero-order valence-corrected chi connectivity index (χ0v) is 19.3. The Labute approximate surface area is 193 Å². The van der Waals surface area contributed by atoms with Crippen molar-refractivity contribution in [3.63, 3.8) is 0 Å². The second-order valence-electron chi connectivity index (χ2n) is 7.39. The molecule has 0 saturated carbocycles. The minimum Gasteiger partial charge on any atom is -0.436 e. The molecule has 8 nitrogen and oxygen atoms in total. The Bertz CT molecular complexity index is 1700. The van der Waals surface area contributed by atoms with Gasteiger partial charge in [0.25, 0.3) is 9.84 Å². The Morgan fingerprint density at radius 1 is 1.00 bits per heavy atom. The molecule has 0 saturated heterocycles. The fourth-order valence-corrected chi connectivity index (χ4v) is 5.29. The lowest BCUT2D eigenvalue weighted by molar-refractivity contribution is -0.146. The van der Waals surface area contributed by atoms with Crippen LogP contribution in [0.1, 0.15) is 12.7 Å². The number of hydrogen-bond donors (Lipinski definition) is 1. The van der Waals surface area contributed by atoms with Crippen molar-refractivity contribution in [1.29, 1.82) is 4.78 Å². The fraction of sp³-hybridized carbons (Fsp3) is 0.263. The van der Waals surface area contributed by atoms with Gasteiger partial charge in [-0.25, -0.2) is 27.4 Å². The van der Waals surface area contributed by atoms with Crippen LogP contribution in [0.25, 0.3) is 33.6 Å². The van der Waals surface area contributed by atoms with Crippen molar-refractivity contribution >= 4 is 41.7 Å². The Kier molecular flexibility index (Phi) is 5.48. The molecule has 0 fully saturated rings. The van der Waals surface area contributed by atoms with Crippen LogP contribution < -0.4 is 0 Å². The van der Waals surface area contributed by atoms with Gasteiger partial charge < -0.3 is 8.98 Å². The molecule has 16 heteroatoms. The van der Waals surface area contributed by atoms with Crippen LogP contribution in [0.5, 0.6) is 0 Å². The molecule has 0 amide bonds. The summed E-state index contributed by atoms with van der Waals surface area (Å²) in [7, 11) is -8.15. The highest BCUT2D eigenvalue weighted by atomic mass is 32.2. The van der Waals surface area contributed by atoms with E-state index in [0.717, 1.165) is 29.8 Å². The summed E-state index contributed by atoms with van der Waals surface area (Å²) in [5.41, 5.74) is -6.42. The number of nitrogens with zero attached hydrogens (tertiary/aromatic N) is 3. The van der Waals surface area contributed by atoms with Gasteiger partial charge >= 0.3 is 11.7 Å². The summed E-state index contributed by atoms with van der Waals surface area (Å²) in [6.45, 7) is 1.42. The van der Waals surface area contributed by atoms with E-state index in [4.69, 9.17) is 9.20 Å². The van der Waals surface area contributed by atoms with E-state index in [1.165, 1.54) is 6.92 Å². The van der Waals surface area contributed by atoms with Crippen LogP contribution in [-0.2, 0) is 32.8 Å². The average Bonchev–Trinajstić information content (AvgIpc) is 3.32. The molecule has 35 heavy (non-hydrogen) atoms. The van der Waals surface area contributed by atoms with E-state index in [0.29, 0.717) is 12.1 Å². The van der Waals surface area contributed by atoms with Gasteiger partial charge in [0.05, 0.1) is 36.1 Å². The molecule has 2 aromatic carbocycles. The van der Waals surface area contributed by atoms with Crippen LogP contribution in [-0.4, -0.2) is 38.4 Å². The van der Waals surface area contributed by atoms with Crippen molar-refractivity contribution in [1.82, 2.24) is 14.5 Å². The van der Waals surface area contributed by atoms with E-state index < -0.39 is 42.0 Å². The second-order valence-corrected chi connectivity index (χ2v) is 11.7. The van der Waals surface area contributed by atoms with Crippen LogP contribution in [0.2, 0.25) is 0 Å². The molecule has 4 aromatic rings. The summed E-state index contributed by atoms with van der Waals surface area (Å²) in [5.74, 6) is -1.85. The fourth-order valence-electron chi connectivity index (χ4n) is 3.39. The van der Waals surface area contributed by atoms with Crippen LogP contribution >= 0.6 is 0 Å². The van der Waals surface area contributed by atoms with E-state index in [2.05, 4.69) is 9.97 Å². The normalized spacial score (nSPS) is 15.1. The topological polar surface area (TPSA) is 119 Å². The molecule has 1 atom stereocenters. The number of halogens is 6. The maximum atomic E-state index is 13.3. The maximum Gasteiger partial charge on any atom is 0.501 e. The molecule has 0 aliphatic rings. The van der Waals surface area contributed by atoms with E-state index in [9.17, 15) is 39.0 Å². The van der Waals surface area contributed by atoms with Crippen molar-refractivity contribution < 1.29 is 43.4 Å². The monoisotopic (exact) mass is 540 g/mol. The average molecular weight is 540 g/mol. The first-order valence-corrected chi connectivity index (χ1v) is 12.7. The number of rotatable bonds is 4. The van der Waals surface area contributed by atoms with Gasteiger partial charge in [-0.05, 0) is 30.3 Å². The van der Waals surface area contributed by atoms with Crippen molar-refractivity contribution in [2.75, 3.05) is 5.75 Å². The van der Waals surface area contributed by atoms with E-state index in [1.54, 1.807) is 0 Å². The first kappa shape index (κ1) is 25.0. The highest BCUT2D eigenvalue weighted by molar-refractivity contribution is 7.92. The second kappa shape index (κ2) is 7.68. The van der Waals surface area contributed by atoms with Gasteiger partial charge in [-0.2, -0.15) is 26.3 Å². The van der Waals surface area contributed by atoms with Gasteiger partial charge in [0.1, 0.15) is 5.52 Å². The van der Waals surface area contributed by atoms with Crippen LogP contribution in [0, 0.1) is 4.78 Å². The molecule has 0 bridgehead atoms. The summed E-state index contributed by atoms with van der Waals surface area (Å²) < 4.78 is 130. The zero-order valence-electron chi connectivity index (χ0n) is 17.7. The number of alkyl halides is 6. The van der Waals surface area contributed by atoms with Gasteiger partial charge in [-0.15, -0.1) is 0 Å². The summed E-state index contributed by atoms with van der Waals surface area (Å²) in [6.07, 6.45) is -4.81. The lowest BCUT2D eigenvalue weighted by Gasteiger charge is -2.10. The molecule has 0 spiro atoms. The molecule has 0 aliphatic carbocycles. The first-order chi connectivity index (χ1) is 16.0. The molecular weight excluding hydrogens is 526 g/mol. The number of nitrogens with one attached hydrogen (secondary N) is 1. The van der Waals surface area contributed by atoms with E-state index >= 15 is 0 Å². The lowest BCUT2D eigenvalue weighted by atomic mass is 10.2. The number of imidazole rings is 1. The molecule has 4 rings (SSSR count). The third kappa shape index (κ3) is 4.03. The molecule has 1 N–H and O–H groups in total. The SMILES string of the molecule is CCS(=N)(=O)c1cc2c(cc1-c1nc3cc(S(=O)(=O)C(F)(F)F)ccc3o1)nc(C(F)(F)F)n2C. The largest absolute Gasteiger partial charge is 0.501 e. The van der Waals surface area contributed by atoms with Gasteiger partial charge in [0.15, 0.2) is 5.58 Å². The highest BCUT2D eigenvalue weighted by Crippen LogP contribution is 2.38. The maximum absolute atomic E-state index is 13.3. The molecule has 188 valence electrons. The Balaban J connectivity index is 1.99. The summed E-state index contributed by atoms with van der Waals surface area (Å²) in [6, 6.07) is 4.41. The number of sulfone groups is 1. The predicted octanol–water partition coefficient (Wildman–Crippen LogP) is 5.12. The quantitative estimate of drug-likeness (QED) is 0.359. The number of aryl methyl sites for hydroxylation is 1. The van der Waals surface area contributed by atoms with Crippen LogP contribution in [0.15, 0.2) is 44.5 Å². The minimum absolute atomic E-state index is 0.0702. The number of benzene rings is 2. The highest BCUT2D eigenvalue weighted by Gasteiger charge is 2.47. The summed E-state index contributed by atoms with van der Waals surface area (Å²) >= 11 is 0. The van der Waals surface area contributed by atoms with Crippen molar-refractivity contribution in [3.8, 4) is 11.5 Å². The molecule has 0 aliphatic heterocycles.